The molecule has 0 amide bonds. The highest BCUT2D eigenvalue weighted by atomic mass is 16.3. The Morgan fingerprint density at radius 2 is 2.20 bits per heavy atom. The monoisotopic (exact) mass is 141 g/mol. The summed E-state index contributed by atoms with van der Waals surface area (Å²) < 4.78 is 0. The van der Waals surface area contributed by atoms with Crippen molar-refractivity contribution in [3.63, 3.8) is 0 Å². The van der Waals surface area contributed by atoms with Gasteiger partial charge in [-0.15, -0.1) is 12.3 Å². The lowest BCUT2D eigenvalue weighted by Crippen LogP contribution is -2.20. The smallest absolute Gasteiger partial charge is 0.0445 e. The minimum atomic E-state index is 0.123. The molecular weight excluding hydrogens is 126 g/mol. The van der Waals surface area contributed by atoms with Gasteiger partial charge in [-0.1, -0.05) is 0 Å². The summed E-state index contributed by atoms with van der Waals surface area (Å²) in [5, 5.41) is 8.47. The Bertz CT molecular complexity index is 106. The van der Waals surface area contributed by atoms with Gasteiger partial charge in [0, 0.05) is 19.1 Å². The summed E-state index contributed by atoms with van der Waals surface area (Å²) in [6.45, 7) is 0.178. The third-order valence-corrected chi connectivity index (χ3v) is 1.40. The molecule has 58 valence electrons. The van der Waals surface area contributed by atoms with E-state index >= 15 is 0 Å². The first kappa shape index (κ1) is 9.48. The molecule has 0 spiro atoms. The number of hydrogen-bond donors (Lipinski definition) is 2. The topological polar surface area (TPSA) is 46.2 Å². The maximum absolute atomic E-state index is 8.47. The van der Waals surface area contributed by atoms with Gasteiger partial charge in [0.05, 0.1) is 0 Å². The van der Waals surface area contributed by atoms with Gasteiger partial charge in [-0.25, -0.2) is 0 Å². The Morgan fingerprint density at radius 1 is 1.50 bits per heavy atom. The summed E-state index contributed by atoms with van der Waals surface area (Å²) in [5.74, 6) is 2.55. The van der Waals surface area contributed by atoms with E-state index in [4.69, 9.17) is 17.3 Å². The van der Waals surface area contributed by atoms with Crippen molar-refractivity contribution in [1.82, 2.24) is 0 Å². The molecule has 0 aromatic carbocycles. The number of aliphatic hydroxyl groups is 1. The van der Waals surface area contributed by atoms with Gasteiger partial charge in [0.25, 0.3) is 0 Å². The second-order valence-corrected chi connectivity index (χ2v) is 2.37. The lowest BCUT2D eigenvalue weighted by molar-refractivity contribution is 0.272. The fraction of sp³-hybridized carbons (Fsp3) is 0.750. The number of unbranched alkanes of at least 4 members (excludes halogenated alkanes) is 1. The summed E-state index contributed by atoms with van der Waals surface area (Å²) in [5.41, 5.74) is 5.60. The maximum atomic E-state index is 8.47. The third-order valence-electron chi connectivity index (χ3n) is 1.40. The minimum Gasteiger partial charge on any atom is -0.396 e. The van der Waals surface area contributed by atoms with E-state index in [1.165, 1.54) is 0 Å². The summed E-state index contributed by atoms with van der Waals surface area (Å²) in [7, 11) is 0. The van der Waals surface area contributed by atoms with Crippen LogP contribution in [0.4, 0.5) is 0 Å². The van der Waals surface area contributed by atoms with Crippen molar-refractivity contribution in [3.8, 4) is 12.3 Å². The van der Waals surface area contributed by atoms with Crippen LogP contribution in [0.25, 0.3) is 0 Å². The van der Waals surface area contributed by atoms with E-state index in [-0.39, 0.29) is 12.6 Å². The van der Waals surface area contributed by atoms with Crippen LogP contribution in [0.1, 0.15) is 25.7 Å². The van der Waals surface area contributed by atoms with Gasteiger partial charge in [-0.2, -0.15) is 0 Å². The first-order valence-electron chi connectivity index (χ1n) is 3.61. The van der Waals surface area contributed by atoms with Crippen LogP contribution in [-0.2, 0) is 0 Å². The molecule has 0 aliphatic carbocycles. The van der Waals surface area contributed by atoms with E-state index in [1.54, 1.807) is 0 Å². The predicted molar refractivity (Wildman–Crippen MR) is 42.4 cm³/mol. The van der Waals surface area contributed by atoms with E-state index in [9.17, 15) is 0 Å². The summed E-state index contributed by atoms with van der Waals surface area (Å²) in [6, 6.07) is 0.123. The van der Waals surface area contributed by atoms with Gasteiger partial charge < -0.3 is 10.8 Å². The lowest BCUT2D eigenvalue weighted by Gasteiger charge is -2.06. The number of hydrogen-bond acceptors (Lipinski definition) is 2. The molecule has 0 fully saturated rings. The van der Waals surface area contributed by atoms with Crippen LogP contribution in [0.5, 0.6) is 0 Å². The quantitative estimate of drug-likeness (QED) is 0.432. The zero-order valence-electron chi connectivity index (χ0n) is 6.21. The molecule has 1 atom stereocenters. The fourth-order valence-corrected chi connectivity index (χ4v) is 0.776. The van der Waals surface area contributed by atoms with Crippen LogP contribution in [0, 0.1) is 12.3 Å². The van der Waals surface area contributed by atoms with E-state index in [2.05, 4.69) is 5.92 Å². The van der Waals surface area contributed by atoms with Gasteiger partial charge in [0.1, 0.15) is 0 Å². The van der Waals surface area contributed by atoms with E-state index in [0.717, 1.165) is 19.3 Å². The van der Waals surface area contributed by atoms with Crippen molar-refractivity contribution in [2.75, 3.05) is 6.61 Å². The molecule has 0 bridgehead atoms. The molecule has 0 rings (SSSR count). The molecule has 2 nitrogen and oxygen atoms in total. The molecule has 0 aliphatic heterocycles. The van der Waals surface area contributed by atoms with Gasteiger partial charge >= 0.3 is 0 Å². The van der Waals surface area contributed by atoms with Crippen LogP contribution in [-0.4, -0.2) is 17.8 Å². The van der Waals surface area contributed by atoms with Crippen molar-refractivity contribution in [2.24, 2.45) is 5.73 Å². The molecule has 0 heterocycles. The second kappa shape index (κ2) is 6.60. The molecule has 10 heavy (non-hydrogen) atoms. The SMILES string of the molecule is C#CCCC[C@H](N)CCO. The standard InChI is InChI=1S/C8H15NO/c1-2-3-4-5-8(9)6-7-10/h1,8,10H,3-7,9H2/t8-/m0/s1. The Labute approximate surface area is 62.4 Å². The van der Waals surface area contributed by atoms with Gasteiger partial charge in [0.15, 0.2) is 0 Å². The van der Waals surface area contributed by atoms with Crippen LogP contribution < -0.4 is 5.73 Å². The van der Waals surface area contributed by atoms with Crippen molar-refractivity contribution in [3.05, 3.63) is 0 Å². The molecular formula is C8H15NO. The molecule has 0 unspecified atom stereocenters. The van der Waals surface area contributed by atoms with Crippen LogP contribution in [0.15, 0.2) is 0 Å². The number of rotatable bonds is 5. The Kier molecular flexibility index (Phi) is 6.25. The van der Waals surface area contributed by atoms with Gasteiger partial charge in [-0.3, -0.25) is 0 Å². The first-order chi connectivity index (χ1) is 4.81. The Balaban J connectivity index is 3.06. The van der Waals surface area contributed by atoms with Crippen LogP contribution in [0.2, 0.25) is 0 Å². The predicted octanol–water partition coefficient (Wildman–Crippen LogP) is 0.500. The normalized spacial score (nSPS) is 12.5. The Hall–Kier alpha value is -0.520. The molecule has 0 saturated carbocycles. The highest BCUT2D eigenvalue weighted by Crippen LogP contribution is 2.00. The Morgan fingerprint density at radius 3 is 2.70 bits per heavy atom. The molecule has 0 aromatic rings. The largest absolute Gasteiger partial charge is 0.396 e. The molecule has 0 aromatic heterocycles. The summed E-state index contributed by atoms with van der Waals surface area (Å²) >= 11 is 0. The van der Waals surface area contributed by atoms with E-state index < -0.39 is 0 Å². The van der Waals surface area contributed by atoms with Crippen LogP contribution in [0.3, 0.4) is 0 Å². The van der Waals surface area contributed by atoms with Crippen molar-refractivity contribution >= 4 is 0 Å². The van der Waals surface area contributed by atoms with Crippen molar-refractivity contribution < 1.29 is 5.11 Å². The van der Waals surface area contributed by atoms with E-state index in [0.29, 0.717) is 6.42 Å². The number of nitrogens with two attached hydrogens (primary N) is 1. The molecule has 2 heteroatoms. The molecule has 0 saturated heterocycles. The summed E-state index contributed by atoms with van der Waals surface area (Å²) in [4.78, 5) is 0. The van der Waals surface area contributed by atoms with E-state index in [1.807, 2.05) is 0 Å². The van der Waals surface area contributed by atoms with Crippen molar-refractivity contribution in [1.29, 1.82) is 0 Å². The highest BCUT2D eigenvalue weighted by molar-refractivity contribution is 4.83. The average Bonchev–Trinajstić information content (AvgIpc) is 1.89. The minimum absolute atomic E-state index is 0.123. The average molecular weight is 141 g/mol. The highest BCUT2D eigenvalue weighted by Gasteiger charge is 1.98. The first-order valence-corrected chi connectivity index (χ1v) is 3.61. The molecule has 3 N–H and O–H groups in total. The molecule has 0 radical (unpaired) electrons. The van der Waals surface area contributed by atoms with Crippen molar-refractivity contribution in [2.45, 2.75) is 31.7 Å². The van der Waals surface area contributed by atoms with Gasteiger partial charge in [0.2, 0.25) is 0 Å². The fourth-order valence-electron chi connectivity index (χ4n) is 0.776. The summed E-state index contributed by atoms with van der Waals surface area (Å²) in [6.07, 6.45) is 8.42. The zero-order valence-corrected chi connectivity index (χ0v) is 6.21. The van der Waals surface area contributed by atoms with Crippen LogP contribution >= 0.6 is 0 Å². The third kappa shape index (κ3) is 5.61. The van der Waals surface area contributed by atoms with Gasteiger partial charge in [-0.05, 0) is 19.3 Å². The number of terminal acetylenes is 1. The lowest BCUT2D eigenvalue weighted by atomic mass is 10.1. The zero-order chi connectivity index (χ0) is 7.82. The number of aliphatic hydroxyl groups excluding tert-OH is 1. The molecule has 0 aliphatic rings. The second-order valence-electron chi connectivity index (χ2n) is 2.37. The maximum Gasteiger partial charge on any atom is 0.0445 e.